The van der Waals surface area contributed by atoms with Crippen molar-refractivity contribution in [2.24, 2.45) is 7.05 Å². The molecule has 0 aliphatic heterocycles. The van der Waals surface area contributed by atoms with Crippen LogP contribution in [-0.2, 0) is 18.3 Å². The van der Waals surface area contributed by atoms with E-state index in [4.69, 9.17) is 4.74 Å². The molecule has 0 bridgehead atoms. The Labute approximate surface area is 160 Å². The van der Waals surface area contributed by atoms with E-state index < -0.39 is 0 Å². The van der Waals surface area contributed by atoms with Crippen molar-refractivity contribution in [3.05, 3.63) is 52.5 Å². The van der Waals surface area contributed by atoms with Gasteiger partial charge in [-0.05, 0) is 30.5 Å². The molecule has 0 aliphatic rings. The van der Waals surface area contributed by atoms with Crippen molar-refractivity contribution in [2.75, 3.05) is 12.4 Å². The van der Waals surface area contributed by atoms with Crippen molar-refractivity contribution in [3.8, 4) is 5.75 Å². The number of anilines is 1. The Kier molecular flexibility index (Phi) is 5.95. The van der Waals surface area contributed by atoms with Crippen molar-refractivity contribution < 1.29 is 9.53 Å². The van der Waals surface area contributed by atoms with Crippen molar-refractivity contribution in [1.29, 1.82) is 0 Å². The lowest BCUT2D eigenvalue weighted by atomic mass is 10.3. The molecule has 2 heterocycles. The van der Waals surface area contributed by atoms with Gasteiger partial charge < -0.3 is 14.6 Å². The molecular formula is C18H20N4O2S2. The van der Waals surface area contributed by atoms with Gasteiger partial charge in [-0.15, -0.1) is 21.5 Å². The van der Waals surface area contributed by atoms with Gasteiger partial charge in [0.15, 0.2) is 5.16 Å². The van der Waals surface area contributed by atoms with Crippen molar-refractivity contribution in [3.63, 3.8) is 0 Å². The van der Waals surface area contributed by atoms with E-state index >= 15 is 0 Å². The van der Waals surface area contributed by atoms with E-state index in [2.05, 4.69) is 21.6 Å². The number of nitrogens with one attached hydrogen (secondary N) is 1. The predicted molar refractivity (Wildman–Crippen MR) is 105 cm³/mol. The zero-order chi connectivity index (χ0) is 18.5. The monoisotopic (exact) mass is 388 g/mol. The van der Waals surface area contributed by atoms with E-state index in [-0.39, 0.29) is 11.2 Å². The van der Waals surface area contributed by atoms with Crippen LogP contribution in [0.15, 0.2) is 46.9 Å². The summed E-state index contributed by atoms with van der Waals surface area (Å²) in [5, 5.41) is 13.8. The average Bonchev–Trinajstić information content (AvgIpc) is 3.27. The first kappa shape index (κ1) is 18.5. The summed E-state index contributed by atoms with van der Waals surface area (Å²) in [5.74, 6) is 1.41. The Balaban J connectivity index is 1.65. The van der Waals surface area contributed by atoms with Gasteiger partial charge in [0.1, 0.15) is 11.6 Å². The smallest absolute Gasteiger partial charge is 0.237 e. The highest BCUT2D eigenvalue weighted by atomic mass is 32.2. The van der Waals surface area contributed by atoms with E-state index in [9.17, 15) is 4.79 Å². The molecule has 8 heteroatoms. The maximum absolute atomic E-state index is 12.5. The number of thiophene rings is 1. The number of ether oxygens (including phenoxy) is 1. The lowest BCUT2D eigenvalue weighted by Gasteiger charge is -2.13. The third kappa shape index (κ3) is 4.25. The highest BCUT2D eigenvalue weighted by Gasteiger charge is 2.20. The molecule has 1 atom stereocenters. The van der Waals surface area contributed by atoms with Crippen LogP contribution in [0.3, 0.4) is 0 Å². The minimum atomic E-state index is -0.322. The van der Waals surface area contributed by atoms with Crippen LogP contribution in [0.4, 0.5) is 5.69 Å². The molecule has 0 radical (unpaired) electrons. The quantitative estimate of drug-likeness (QED) is 0.627. The fraction of sp³-hybridized carbons (Fsp3) is 0.278. The molecule has 1 N–H and O–H groups in total. The Morgan fingerprint density at radius 1 is 1.31 bits per heavy atom. The lowest BCUT2D eigenvalue weighted by Crippen LogP contribution is -2.23. The van der Waals surface area contributed by atoms with Gasteiger partial charge in [0, 0.05) is 18.3 Å². The molecule has 1 amide bonds. The van der Waals surface area contributed by atoms with Crippen LogP contribution in [0.2, 0.25) is 0 Å². The number of thioether (sulfide) groups is 1. The summed E-state index contributed by atoms with van der Waals surface area (Å²) in [6, 6.07) is 11.4. The fourth-order valence-corrected chi connectivity index (χ4v) is 3.90. The standard InChI is InChI=1S/C18H20N4O2S2/c1-12(17(23)19-14-8-4-5-9-15(14)24-3)26-18-21-20-16(22(18)2)11-13-7-6-10-25-13/h4-10,12H,11H2,1-3H3,(H,19,23). The third-order valence-corrected chi connectivity index (χ3v) is 5.86. The molecule has 136 valence electrons. The number of para-hydroxylation sites is 2. The SMILES string of the molecule is COc1ccccc1NC(=O)C(C)Sc1nnc(Cc2cccs2)n1C. The number of hydrogen-bond donors (Lipinski definition) is 1. The van der Waals surface area contributed by atoms with Crippen molar-refractivity contribution >= 4 is 34.7 Å². The second-order valence-electron chi connectivity index (χ2n) is 5.66. The maximum atomic E-state index is 12.5. The Morgan fingerprint density at radius 3 is 2.85 bits per heavy atom. The van der Waals surface area contributed by atoms with Gasteiger partial charge in [0.05, 0.1) is 18.0 Å². The third-order valence-electron chi connectivity index (χ3n) is 3.85. The molecule has 2 aromatic heterocycles. The molecule has 6 nitrogen and oxygen atoms in total. The average molecular weight is 389 g/mol. The molecule has 0 saturated carbocycles. The van der Waals surface area contributed by atoms with E-state index in [0.717, 1.165) is 17.4 Å². The summed E-state index contributed by atoms with van der Waals surface area (Å²) in [4.78, 5) is 13.8. The van der Waals surface area contributed by atoms with Crippen LogP contribution in [-0.4, -0.2) is 33.0 Å². The fourth-order valence-electron chi connectivity index (χ4n) is 2.36. The summed E-state index contributed by atoms with van der Waals surface area (Å²) < 4.78 is 7.21. The highest BCUT2D eigenvalue weighted by Crippen LogP contribution is 2.27. The summed E-state index contributed by atoms with van der Waals surface area (Å²) in [6.45, 7) is 1.85. The first-order chi connectivity index (χ1) is 12.6. The first-order valence-electron chi connectivity index (χ1n) is 8.09. The Morgan fingerprint density at radius 2 is 2.12 bits per heavy atom. The summed E-state index contributed by atoms with van der Waals surface area (Å²) in [5.41, 5.74) is 0.656. The van der Waals surface area contributed by atoms with E-state index in [0.29, 0.717) is 11.4 Å². The molecule has 0 aliphatic carbocycles. The van der Waals surface area contributed by atoms with Gasteiger partial charge in [-0.3, -0.25) is 4.79 Å². The van der Waals surface area contributed by atoms with Gasteiger partial charge in [-0.25, -0.2) is 0 Å². The number of hydrogen-bond acceptors (Lipinski definition) is 6. The van der Waals surface area contributed by atoms with Crippen LogP contribution in [0.5, 0.6) is 5.75 Å². The Bertz CT molecular complexity index is 877. The molecule has 0 saturated heterocycles. The number of carbonyl (C=O) groups is 1. The molecule has 1 aromatic carbocycles. The normalized spacial score (nSPS) is 12.0. The Hall–Kier alpha value is -2.32. The number of carbonyl (C=O) groups excluding carboxylic acids is 1. The zero-order valence-corrected chi connectivity index (χ0v) is 16.4. The molecule has 1 unspecified atom stereocenters. The first-order valence-corrected chi connectivity index (χ1v) is 9.85. The second-order valence-corrected chi connectivity index (χ2v) is 8.00. The second kappa shape index (κ2) is 8.37. The molecule has 0 spiro atoms. The number of nitrogens with zero attached hydrogens (tertiary/aromatic N) is 3. The van der Waals surface area contributed by atoms with Crippen molar-refractivity contribution in [1.82, 2.24) is 14.8 Å². The number of amides is 1. The molecule has 0 fully saturated rings. The molecule has 26 heavy (non-hydrogen) atoms. The minimum absolute atomic E-state index is 0.109. The number of rotatable bonds is 7. The predicted octanol–water partition coefficient (Wildman–Crippen LogP) is 3.60. The molecular weight excluding hydrogens is 368 g/mol. The lowest BCUT2D eigenvalue weighted by molar-refractivity contribution is -0.115. The summed E-state index contributed by atoms with van der Waals surface area (Å²) >= 11 is 3.08. The highest BCUT2D eigenvalue weighted by molar-refractivity contribution is 8.00. The van der Waals surface area contributed by atoms with Gasteiger partial charge in [-0.2, -0.15) is 0 Å². The van der Waals surface area contributed by atoms with Crippen LogP contribution in [0, 0.1) is 0 Å². The van der Waals surface area contributed by atoms with E-state index in [1.165, 1.54) is 16.6 Å². The van der Waals surface area contributed by atoms with Crippen LogP contribution in [0.25, 0.3) is 0 Å². The number of methoxy groups -OCH3 is 1. The minimum Gasteiger partial charge on any atom is -0.495 e. The van der Waals surface area contributed by atoms with Crippen LogP contribution >= 0.6 is 23.1 Å². The van der Waals surface area contributed by atoms with E-state index in [1.54, 1.807) is 18.4 Å². The van der Waals surface area contributed by atoms with Gasteiger partial charge in [0.2, 0.25) is 5.91 Å². The topological polar surface area (TPSA) is 69.0 Å². The summed E-state index contributed by atoms with van der Waals surface area (Å²) in [7, 11) is 3.51. The van der Waals surface area contributed by atoms with Crippen LogP contribution < -0.4 is 10.1 Å². The van der Waals surface area contributed by atoms with Crippen LogP contribution in [0.1, 0.15) is 17.6 Å². The van der Waals surface area contributed by atoms with Gasteiger partial charge in [-0.1, -0.05) is 30.0 Å². The van der Waals surface area contributed by atoms with Crippen molar-refractivity contribution in [2.45, 2.75) is 23.8 Å². The molecule has 3 rings (SSSR count). The van der Waals surface area contributed by atoms with Gasteiger partial charge >= 0.3 is 0 Å². The molecule has 3 aromatic rings. The largest absolute Gasteiger partial charge is 0.495 e. The summed E-state index contributed by atoms with van der Waals surface area (Å²) in [6.07, 6.45) is 0.740. The maximum Gasteiger partial charge on any atom is 0.237 e. The number of benzene rings is 1. The number of aromatic nitrogens is 3. The zero-order valence-electron chi connectivity index (χ0n) is 14.8. The van der Waals surface area contributed by atoms with Gasteiger partial charge in [0.25, 0.3) is 0 Å². The van der Waals surface area contributed by atoms with E-state index in [1.807, 2.05) is 54.3 Å².